The smallest absolute Gasteiger partial charge is 0.415 e. The largest absolute Gasteiger partial charge is 0.477 e. The molecular formula is C33H47N5O7. The zero-order valence-corrected chi connectivity index (χ0v) is 27.5. The number of carbonyl (C=O) groups is 4. The molecular weight excluding hydrogens is 578 g/mol. The lowest BCUT2D eigenvalue weighted by Gasteiger charge is -2.43. The fourth-order valence-corrected chi connectivity index (χ4v) is 7.48. The number of ether oxygens (including phenoxy) is 3. The Morgan fingerprint density at radius 3 is 2.76 bits per heavy atom. The molecule has 4 aliphatic rings. The Kier molecular flexibility index (Phi) is 9.17. The van der Waals surface area contributed by atoms with Crippen LogP contribution in [-0.2, 0) is 26.2 Å². The van der Waals surface area contributed by atoms with Crippen LogP contribution in [0.4, 0.5) is 9.59 Å². The SMILES string of the molecule is CC(=NCCC[C@H](C)C(=O)NCCN(C)C(=O)Oc1ccc2c3c1OC1C(=O)CCC4[C@@H](C2)N(C)C[C@]314)NC(=O)OC(C)(C)C. The van der Waals surface area contributed by atoms with E-state index in [-0.39, 0.29) is 36.1 Å². The highest BCUT2D eigenvalue weighted by Crippen LogP contribution is 2.63. The molecule has 2 unspecified atom stereocenters. The summed E-state index contributed by atoms with van der Waals surface area (Å²) in [5.74, 6) is 1.47. The van der Waals surface area contributed by atoms with Gasteiger partial charge in [-0.25, -0.2) is 9.59 Å². The van der Waals surface area contributed by atoms with Gasteiger partial charge in [-0.15, -0.1) is 0 Å². The third-order valence-electron chi connectivity index (χ3n) is 9.53. The van der Waals surface area contributed by atoms with Gasteiger partial charge in [-0.2, -0.15) is 0 Å². The van der Waals surface area contributed by atoms with Gasteiger partial charge in [0, 0.05) is 57.2 Å². The summed E-state index contributed by atoms with van der Waals surface area (Å²) in [7, 11) is 3.75. The average molecular weight is 626 g/mol. The molecule has 1 aromatic carbocycles. The van der Waals surface area contributed by atoms with Gasteiger partial charge >= 0.3 is 12.2 Å². The molecule has 0 aromatic heterocycles. The van der Waals surface area contributed by atoms with Crippen LogP contribution in [0, 0.1) is 11.8 Å². The van der Waals surface area contributed by atoms with Gasteiger partial charge in [-0.3, -0.25) is 19.9 Å². The van der Waals surface area contributed by atoms with Crippen molar-refractivity contribution < 1.29 is 33.4 Å². The van der Waals surface area contributed by atoms with Crippen molar-refractivity contribution in [2.24, 2.45) is 16.8 Å². The first-order valence-corrected chi connectivity index (χ1v) is 16.0. The molecule has 2 fully saturated rings. The minimum absolute atomic E-state index is 0.110. The van der Waals surface area contributed by atoms with Crippen LogP contribution in [0.2, 0.25) is 0 Å². The van der Waals surface area contributed by atoms with E-state index in [4.69, 9.17) is 14.2 Å². The average Bonchev–Trinajstić information content (AvgIpc) is 3.40. The molecule has 2 heterocycles. The maximum absolute atomic E-state index is 13.1. The van der Waals surface area contributed by atoms with Crippen molar-refractivity contribution >= 4 is 29.7 Å². The molecule has 2 bridgehead atoms. The zero-order valence-electron chi connectivity index (χ0n) is 27.5. The number of hydrogen-bond acceptors (Lipinski definition) is 9. The molecule has 3 amide bonds. The summed E-state index contributed by atoms with van der Waals surface area (Å²) in [5, 5.41) is 5.48. The molecule has 1 spiro atoms. The Morgan fingerprint density at radius 1 is 1.27 bits per heavy atom. The number of ketones is 1. The van der Waals surface area contributed by atoms with Crippen LogP contribution in [-0.4, -0.2) is 97.5 Å². The molecule has 0 radical (unpaired) electrons. The molecule has 2 N–H and O–H groups in total. The number of nitrogens with zero attached hydrogens (tertiary/aromatic N) is 3. The van der Waals surface area contributed by atoms with Crippen molar-refractivity contribution in [3.05, 3.63) is 23.3 Å². The van der Waals surface area contributed by atoms with E-state index in [1.165, 1.54) is 10.5 Å². The van der Waals surface area contributed by atoms with Gasteiger partial charge in [0.1, 0.15) is 11.4 Å². The summed E-state index contributed by atoms with van der Waals surface area (Å²) in [6.45, 7) is 10.7. The van der Waals surface area contributed by atoms with Crippen molar-refractivity contribution in [1.82, 2.24) is 20.4 Å². The van der Waals surface area contributed by atoms with Crippen molar-refractivity contribution in [2.75, 3.05) is 40.3 Å². The van der Waals surface area contributed by atoms with Crippen molar-refractivity contribution in [2.45, 2.75) is 89.9 Å². The number of benzene rings is 1. The summed E-state index contributed by atoms with van der Waals surface area (Å²) in [4.78, 5) is 58.6. The fourth-order valence-electron chi connectivity index (χ4n) is 7.48. The second-order valence-electron chi connectivity index (χ2n) is 14.0. The van der Waals surface area contributed by atoms with Crippen LogP contribution in [0.25, 0.3) is 0 Å². The third kappa shape index (κ3) is 6.52. The van der Waals surface area contributed by atoms with E-state index in [0.29, 0.717) is 55.1 Å². The van der Waals surface area contributed by atoms with Gasteiger partial charge in [-0.1, -0.05) is 13.0 Å². The number of Topliss-reactive ketones (excluding diaryl/α,β-unsaturated/α-hetero) is 1. The monoisotopic (exact) mass is 625 g/mol. The molecule has 1 saturated heterocycles. The van der Waals surface area contributed by atoms with E-state index in [1.807, 2.05) is 13.0 Å². The van der Waals surface area contributed by atoms with Crippen molar-refractivity contribution in [1.29, 1.82) is 0 Å². The minimum atomic E-state index is -0.585. The predicted octanol–water partition coefficient (Wildman–Crippen LogP) is 3.44. The second kappa shape index (κ2) is 12.6. The zero-order chi connectivity index (χ0) is 32.7. The summed E-state index contributed by atoms with van der Waals surface area (Å²) < 4.78 is 17.4. The van der Waals surface area contributed by atoms with E-state index >= 15 is 0 Å². The van der Waals surface area contributed by atoms with Crippen LogP contribution < -0.4 is 20.1 Å². The standard InChI is InChI=1S/C33H47N5O7/c1-19(9-8-14-34-20(2)36-30(41)45-32(3,4)5)29(40)35-15-16-37(6)31(42)43-25-13-10-21-17-23-22-11-12-24(39)28-33(22,18-38(23)7)26(21)27(25)44-28/h10,13,19,22-23,28H,8-9,11-12,14-18H2,1-7H3,(H,35,40)(H,34,36,41)/t19-,22?,23+,28?,33-/m0/s1. The van der Waals surface area contributed by atoms with Gasteiger partial charge in [-0.05, 0) is 78.0 Å². The Labute approximate surface area is 265 Å². The van der Waals surface area contributed by atoms with E-state index in [0.717, 1.165) is 24.9 Å². The van der Waals surface area contributed by atoms with Crippen LogP contribution in [0.5, 0.6) is 11.5 Å². The normalized spacial score (nSPS) is 25.6. The quantitative estimate of drug-likeness (QED) is 0.242. The van der Waals surface area contributed by atoms with E-state index in [9.17, 15) is 19.2 Å². The lowest BCUT2D eigenvalue weighted by molar-refractivity contribution is -0.132. The molecule has 12 heteroatoms. The number of nitrogens with one attached hydrogen (secondary N) is 2. The van der Waals surface area contributed by atoms with Gasteiger partial charge in [0.2, 0.25) is 5.91 Å². The van der Waals surface area contributed by atoms with E-state index in [1.54, 1.807) is 40.8 Å². The van der Waals surface area contributed by atoms with Crippen LogP contribution in [0.3, 0.4) is 0 Å². The summed E-state index contributed by atoms with van der Waals surface area (Å²) in [6.07, 6.45) is 1.95. The summed E-state index contributed by atoms with van der Waals surface area (Å²) >= 11 is 0. The number of hydrogen-bond donors (Lipinski definition) is 2. The van der Waals surface area contributed by atoms with Gasteiger partial charge in [0.15, 0.2) is 23.4 Å². The number of amidine groups is 1. The predicted molar refractivity (Wildman–Crippen MR) is 168 cm³/mol. The number of likely N-dealkylation sites (tertiary alicyclic amines) is 1. The topological polar surface area (TPSA) is 139 Å². The molecule has 2 aliphatic heterocycles. The minimum Gasteiger partial charge on any atom is -0.477 e. The molecule has 12 nitrogen and oxygen atoms in total. The first kappa shape index (κ1) is 32.7. The molecule has 2 aliphatic carbocycles. The number of rotatable bonds is 9. The summed E-state index contributed by atoms with van der Waals surface area (Å²) in [6, 6.07) is 4.19. The van der Waals surface area contributed by atoms with Crippen molar-refractivity contribution in [3.8, 4) is 11.5 Å². The Balaban J connectivity index is 1.08. The molecule has 45 heavy (non-hydrogen) atoms. The molecule has 1 saturated carbocycles. The Bertz CT molecular complexity index is 1390. The van der Waals surface area contributed by atoms with Gasteiger partial charge in [0.25, 0.3) is 0 Å². The van der Waals surface area contributed by atoms with E-state index < -0.39 is 23.9 Å². The fraction of sp³-hybridized carbons (Fsp3) is 0.667. The number of carbonyl (C=O) groups excluding carboxylic acids is 4. The number of amides is 3. The maximum atomic E-state index is 13.1. The third-order valence-corrected chi connectivity index (χ3v) is 9.53. The van der Waals surface area contributed by atoms with E-state index in [2.05, 4.69) is 27.6 Å². The van der Waals surface area contributed by atoms with Crippen molar-refractivity contribution in [3.63, 3.8) is 0 Å². The molecule has 5 atom stereocenters. The lowest BCUT2D eigenvalue weighted by atomic mass is 9.57. The first-order valence-electron chi connectivity index (χ1n) is 16.0. The van der Waals surface area contributed by atoms with Gasteiger partial charge in [0.05, 0.1) is 5.41 Å². The Hall–Kier alpha value is -3.67. The van der Waals surface area contributed by atoms with Crippen LogP contribution in [0.15, 0.2) is 17.1 Å². The highest BCUT2D eigenvalue weighted by molar-refractivity contribution is 5.94. The molecule has 5 rings (SSSR count). The highest BCUT2D eigenvalue weighted by atomic mass is 16.6. The number of likely N-dealkylation sites (N-methyl/N-ethyl adjacent to an activating group) is 2. The Morgan fingerprint density at radius 2 is 2.02 bits per heavy atom. The number of aliphatic imine (C=N–C) groups is 1. The van der Waals surface area contributed by atoms with Crippen LogP contribution >= 0.6 is 0 Å². The summed E-state index contributed by atoms with van der Waals surface area (Å²) in [5.41, 5.74) is 1.28. The highest BCUT2D eigenvalue weighted by Gasteiger charge is 2.68. The van der Waals surface area contributed by atoms with Crippen LogP contribution in [0.1, 0.15) is 71.4 Å². The second-order valence-corrected chi connectivity index (χ2v) is 14.0. The first-order chi connectivity index (χ1) is 21.2. The lowest BCUT2D eigenvalue weighted by Crippen LogP contribution is -2.55. The molecule has 246 valence electrons. The number of alkyl carbamates (subject to hydrolysis) is 1. The maximum Gasteiger partial charge on any atom is 0.415 e. The molecule has 1 aromatic rings. The van der Waals surface area contributed by atoms with Gasteiger partial charge < -0.3 is 29.3 Å².